The smallest absolute Gasteiger partial charge is 0.0186 e. The summed E-state index contributed by atoms with van der Waals surface area (Å²) in [4.78, 5) is 0. The summed E-state index contributed by atoms with van der Waals surface area (Å²) in [6, 6.07) is 4.95. The first-order valence-electron chi connectivity index (χ1n) is 2.32. The lowest BCUT2D eigenvalue weighted by atomic mass is 10.3. The van der Waals surface area contributed by atoms with E-state index >= 15 is 0 Å². The number of halogens is 2. The minimum Gasteiger partial charge on any atom is -0.872 e. The van der Waals surface area contributed by atoms with Gasteiger partial charge in [0.1, 0.15) is 0 Å². The Hall–Kier alpha value is -0.0200. The topological polar surface area (TPSA) is 23.1 Å². The van der Waals surface area contributed by atoms with E-state index in [9.17, 15) is 5.11 Å². The van der Waals surface area contributed by atoms with Crippen LogP contribution < -0.4 is 5.11 Å². The van der Waals surface area contributed by atoms with Gasteiger partial charge >= 0.3 is 0 Å². The van der Waals surface area contributed by atoms with Gasteiger partial charge in [-0.3, -0.25) is 0 Å². The van der Waals surface area contributed by atoms with Crippen LogP contribution >= 0.6 is 31.9 Å². The molecule has 0 bridgehead atoms. The summed E-state index contributed by atoms with van der Waals surface area (Å²) in [5.74, 6) is 0.0122. The van der Waals surface area contributed by atoms with E-state index in [4.69, 9.17) is 0 Å². The van der Waals surface area contributed by atoms with Crippen LogP contribution in [0.25, 0.3) is 0 Å². The Kier molecular flexibility index (Phi) is 2.13. The second kappa shape index (κ2) is 2.71. The Morgan fingerprint density at radius 3 is 2.33 bits per heavy atom. The van der Waals surface area contributed by atoms with Gasteiger partial charge in [-0.2, -0.15) is 0 Å². The second-order valence-corrected chi connectivity index (χ2v) is 3.34. The third kappa shape index (κ3) is 1.69. The number of benzene rings is 1. The molecule has 0 atom stereocenters. The van der Waals surface area contributed by atoms with Crippen molar-refractivity contribution in [3.63, 3.8) is 0 Å². The fourth-order valence-corrected chi connectivity index (χ4v) is 1.52. The quantitative estimate of drug-likeness (QED) is 0.693. The van der Waals surface area contributed by atoms with E-state index in [-0.39, 0.29) is 5.75 Å². The van der Waals surface area contributed by atoms with Crippen LogP contribution in [0.1, 0.15) is 0 Å². The molecule has 0 N–H and O–H groups in total. The molecule has 0 aliphatic rings. The lowest BCUT2D eigenvalue weighted by Crippen LogP contribution is -1.89. The summed E-state index contributed by atoms with van der Waals surface area (Å²) < 4.78 is 1.51. The first-order chi connectivity index (χ1) is 4.20. The molecule has 0 radical (unpaired) electrons. The molecular weight excluding hydrogens is 248 g/mol. The Bertz CT molecular complexity index is 222. The van der Waals surface area contributed by atoms with Crippen molar-refractivity contribution in [2.75, 3.05) is 0 Å². The van der Waals surface area contributed by atoms with Crippen molar-refractivity contribution in [3.05, 3.63) is 27.1 Å². The van der Waals surface area contributed by atoms with E-state index in [1.165, 1.54) is 6.07 Å². The molecule has 0 amide bonds. The summed E-state index contributed by atoms with van der Waals surface area (Å²) >= 11 is 6.33. The molecule has 0 aliphatic heterocycles. The normalized spacial score (nSPS) is 9.56. The molecule has 0 heterocycles. The first kappa shape index (κ1) is 7.09. The number of hydrogen-bond donors (Lipinski definition) is 0. The van der Waals surface area contributed by atoms with Crippen LogP contribution in [0, 0.1) is 0 Å². The first-order valence-corrected chi connectivity index (χ1v) is 3.91. The minimum absolute atomic E-state index is 0.0122. The predicted octanol–water partition coefficient (Wildman–Crippen LogP) is 2.29. The van der Waals surface area contributed by atoms with Crippen molar-refractivity contribution < 1.29 is 5.11 Å². The van der Waals surface area contributed by atoms with Gasteiger partial charge in [-0.25, -0.2) is 0 Å². The van der Waals surface area contributed by atoms with Crippen LogP contribution in [-0.2, 0) is 0 Å². The zero-order chi connectivity index (χ0) is 6.85. The summed E-state index contributed by atoms with van der Waals surface area (Å²) in [5.41, 5.74) is 0. The van der Waals surface area contributed by atoms with Gasteiger partial charge in [0, 0.05) is 8.95 Å². The summed E-state index contributed by atoms with van der Waals surface area (Å²) in [6.07, 6.45) is 0. The largest absolute Gasteiger partial charge is 0.872 e. The van der Waals surface area contributed by atoms with Crippen LogP contribution in [0.4, 0.5) is 0 Å². The molecule has 3 heteroatoms. The zero-order valence-electron chi connectivity index (χ0n) is 4.40. The van der Waals surface area contributed by atoms with Gasteiger partial charge in [0.05, 0.1) is 0 Å². The van der Waals surface area contributed by atoms with Crippen LogP contribution in [-0.4, -0.2) is 0 Å². The van der Waals surface area contributed by atoms with E-state index in [0.29, 0.717) is 4.47 Å². The third-order valence-corrected chi connectivity index (χ3v) is 2.01. The maximum absolute atomic E-state index is 10.7. The molecule has 0 saturated heterocycles. The third-order valence-electron chi connectivity index (χ3n) is 0.894. The molecule has 1 aromatic carbocycles. The molecule has 0 fully saturated rings. The molecule has 48 valence electrons. The number of hydrogen-bond acceptors (Lipinski definition) is 1. The van der Waals surface area contributed by atoms with Crippen molar-refractivity contribution >= 4 is 31.9 Å². The standard InChI is InChI=1S/C6H4Br2O/c7-4-1-2-6(9)5(8)3-4/h1-3,9H/p-1. The predicted molar refractivity (Wildman–Crippen MR) is 41.3 cm³/mol. The van der Waals surface area contributed by atoms with E-state index in [1.807, 2.05) is 0 Å². The molecular formula is C6H3Br2O-. The Balaban J connectivity index is 3.17. The molecule has 0 aromatic heterocycles. The summed E-state index contributed by atoms with van der Waals surface area (Å²) in [7, 11) is 0. The van der Waals surface area contributed by atoms with Gasteiger partial charge < -0.3 is 5.11 Å². The van der Waals surface area contributed by atoms with Gasteiger partial charge in [0.25, 0.3) is 0 Å². The SMILES string of the molecule is [O-]c1ccc(Br)cc1Br. The Labute approximate surface area is 70.0 Å². The lowest BCUT2D eigenvalue weighted by molar-refractivity contribution is -0.269. The summed E-state index contributed by atoms with van der Waals surface area (Å²) in [5, 5.41) is 10.7. The highest BCUT2D eigenvalue weighted by molar-refractivity contribution is 9.11. The van der Waals surface area contributed by atoms with Gasteiger partial charge in [-0.15, -0.1) is 0 Å². The average molecular weight is 251 g/mol. The van der Waals surface area contributed by atoms with Crippen molar-refractivity contribution in [1.29, 1.82) is 0 Å². The molecule has 1 rings (SSSR count). The van der Waals surface area contributed by atoms with Crippen LogP contribution in [0.5, 0.6) is 5.75 Å². The highest BCUT2D eigenvalue weighted by Crippen LogP contribution is 2.24. The van der Waals surface area contributed by atoms with E-state index < -0.39 is 0 Å². The van der Waals surface area contributed by atoms with Gasteiger partial charge in [-0.05, 0) is 12.1 Å². The minimum atomic E-state index is 0.0122. The van der Waals surface area contributed by atoms with Crippen molar-refractivity contribution in [2.24, 2.45) is 0 Å². The molecule has 0 spiro atoms. The van der Waals surface area contributed by atoms with Gasteiger partial charge in [0.2, 0.25) is 0 Å². The average Bonchev–Trinajstić information content (AvgIpc) is 1.80. The van der Waals surface area contributed by atoms with Crippen molar-refractivity contribution in [2.45, 2.75) is 0 Å². The van der Waals surface area contributed by atoms with Gasteiger partial charge in [0.15, 0.2) is 0 Å². The van der Waals surface area contributed by atoms with Crippen LogP contribution in [0.3, 0.4) is 0 Å². The summed E-state index contributed by atoms with van der Waals surface area (Å²) in [6.45, 7) is 0. The van der Waals surface area contributed by atoms with Crippen molar-refractivity contribution in [1.82, 2.24) is 0 Å². The fraction of sp³-hybridized carbons (Fsp3) is 0. The molecule has 0 unspecified atom stereocenters. The second-order valence-electron chi connectivity index (χ2n) is 1.57. The van der Waals surface area contributed by atoms with Gasteiger partial charge in [-0.1, -0.05) is 43.7 Å². The zero-order valence-corrected chi connectivity index (χ0v) is 7.57. The lowest BCUT2D eigenvalue weighted by Gasteiger charge is -2.06. The van der Waals surface area contributed by atoms with Crippen LogP contribution in [0.15, 0.2) is 27.1 Å². The monoisotopic (exact) mass is 249 g/mol. The molecule has 0 saturated carbocycles. The Morgan fingerprint density at radius 1 is 1.22 bits per heavy atom. The maximum Gasteiger partial charge on any atom is 0.0186 e. The van der Waals surface area contributed by atoms with Crippen LogP contribution in [0.2, 0.25) is 0 Å². The van der Waals surface area contributed by atoms with E-state index in [2.05, 4.69) is 31.9 Å². The molecule has 9 heavy (non-hydrogen) atoms. The molecule has 0 aliphatic carbocycles. The highest BCUT2D eigenvalue weighted by atomic mass is 79.9. The van der Waals surface area contributed by atoms with E-state index in [1.54, 1.807) is 12.1 Å². The highest BCUT2D eigenvalue weighted by Gasteiger charge is 1.87. The Morgan fingerprint density at radius 2 is 1.89 bits per heavy atom. The molecule has 1 aromatic rings. The van der Waals surface area contributed by atoms with Crippen molar-refractivity contribution in [3.8, 4) is 5.75 Å². The van der Waals surface area contributed by atoms with E-state index in [0.717, 1.165) is 4.47 Å². The fourth-order valence-electron chi connectivity index (χ4n) is 0.475. The number of rotatable bonds is 0. The molecule has 1 nitrogen and oxygen atoms in total. The maximum atomic E-state index is 10.7.